The smallest absolute Gasteiger partial charge is 0.229 e. The Kier molecular flexibility index (Phi) is 6.43. The predicted octanol–water partition coefficient (Wildman–Crippen LogP) is 4.88. The zero-order valence-electron chi connectivity index (χ0n) is 20.0. The van der Waals surface area contributed by atoms with Gasteiger partial charge >= 0.3 is 0 Å². The first kappa shape index (κ1) is 22.6. The molecule has 1 saturated heterocycles. The van der Waals surface area contributed by atoms with Crippen molar-refractivity contribution in [2.24, 2.45) is 5.92 Å². The van der Waals surface area contributed by atoms with Crippen LogP contribution in [0.3, 0.4) is 0 Å². The molecule has 2 N–H and O–H groups in total. The highest BCUT2D eigenvalue weighted by molar-refractivity contribution is 5.93. The van der Waals surface area contributed by atoms with E-state index in [2.05, 4.69) is 30.6 Å². The number of aromatic nitrogens is 4. The monoisotopic (exact) mass is 467 g/mol. The second-order valence-corrected chi connectivity index (χ2v) is 8.92. The minimum absolute atomic E-state index is 0.0336. The molecular weight excluding hydrogens is 438 g/mol. The zero-order valence-corrected chi connectivity index (χ0v) is 20.0. The lowest BCUT2D eigenvalue weighted by Crippen LogP contribution is -2.41. The number of para-hydroxylation sites is 1. The van der Waals surface area contributed by atoms with E-state index in [9.17, 15) is 4.79 Å². The molecule has 0 bridgehead atoms. The van der Waals surface area contributed by atoms with Crippen LogP contribution in [0.15, 0.2) is 73.1 Å². The van der Waals surface area contributed by atoms with Crippen molar-refractivity contribution in [2.45, 2.75) is 26.7 Å². The molecule has 0 saturated carbocycles. The van der Waals surface area contributed by atoms with E-state index >= 15 is 0 Å². The number of hydrogen-bond donors (Lipinski definition) is 2. The molecule has 5 rings (SSSR count). The third-order valence-corrected chi connectivity index (χ3v) is 6.20. The van der Waals surface area contributed by atoms with Crippen molar-refractivity contribution in [3.8, 4) is 5.82 Å². The third kappa shape index (κ3) is 5.32. The van der Waals surface area contributed by atoms with Gasteiger partial charge in [-0.1, -0.05) is 18.2 Å². The van der Waals surface area contributed by atoms with Crippen LogP contribution in [-0.2, 0) is 4.79 Å². The maximum Gasteiger partial charge on any atom is 0.229 e. The molecule has 0 aliphatic carbocycles. The number of anilines is 4. The van der Waals surface area contributed by atoms with Crippen molar-refractivity contribution < 1.29 is 4.79 Å². The van der Waals surface area contributed by atoms with E-state index in [1.54, 1.807) is 6.33 Å². The van der Waals surface area contributed by atoms with Gasteiger partial charge in [0.1, 0.15) is 12.1 Å². The molecule has 178 valence electrons. The van der Waals surface area contributed by atoms with Crippen LogP contribution in [0.25, 0.3) is 5.82 Å². The van der Waals surface area contributed by atoms with Gasteiger partial charge in [0.15, 0.2) is 5.82 Å². The molecule has 1 fully saturated rings. The molecule has 8 nitrogen and oxygen atoms in total. The van der Waals surface area contributed by atoms with Gasteiger partial charge in [-0.15, -0.1) is 0 Å². The molecule has 8 heteroatoms. The molecule has 1 atom stereocenters. The number of carbonyl (C=O) groups excluding carboxylic acids is 1. The van der Waals surface area contributed by atoms with Crippen molar-refractivity contribution in [2.75, 3.05) is 28.6 Å². The number of rotatable bonds is 6. The first-order valence-electron chi connectivity index (χ1n) is 11.9. The molecule has 2 aromatic carbocycles. The Morgan fingerprint density at radius 3 is 2.37 bits per heavy atom. The van der Waals surface area contributed by atoms with E-state index in [0.717, 1.165) is 59.5 Å². The Hall–Kier alpha value is -4.20. The number of amides is 1. The molecule has 35 heavy (non-hydrogen) atoms. The average molecular weight is 468 g/mol. The molecule has 1 unspecified atom stereocenters. The molecular formula is C27H29N7O. The van der Waals surface area contributed by atoms with Crippen molar-refractivity contribution >= 4 is 28.8 Å². The number of nitrogens with zero attached hydrogens (tertiary/aromatic N) is 5. The average Bonchev–Trinajstić information content (AvgIpc) is 3.23. The second kappa shape index (κ2) is 9.97. The van der Waals surface area contributed by atoms with Gasteiger partial charge in [-0.25, -0.2) is 14.6 Å². The van der Waals surface area contributed by atoms with E-state index in [-0.39, 0.29) is 11.8 Å². The van der Waals surface area contributed by atoms with Crippen LogP contribution >= 0.6 is 0 Å². The van der Waals surface area contributed by atoms with Gasteiger partial charge in [-0.3, -0.25) is 4.79 Å². The summed E-state index contributed by atoms with van der Waals surface area (Å²) in [5.41, 5.74) is 4.76. The fraction of sp³-hybridized carbons (Fsp3) is 0.259. The van der Waals surface area contributed by atoms with Crippen LogP contribution in [0.2, 0.25) is 0 Å². The standard InChI is InChI=1S/C27H29N7O/c1-19-15-20(2)34(32-19)26-16-25(28-18-29-26)33-14-6-7-21(17-33)27(35)31-24-12-10-23(11-13-24)30-22-8-4-3-5-9-22/h3-5,8-13,15-16,18,21,30H,6-7,14,17H2,1-2H3,(H,31,35). The highest BCUT2D eigenvalue weighted by Gasteiger charge is 2.27. The molecule has 3 heterocycles. The SMILES string of the molecule is Cc1cc(C)n(-c2cc(N3CCCC(C(=O)Nc4ccc(Nc5ccccc5)cc4)C3)ncn2)n1. The third-order valence-electron chi connectivity index (χ3n) is 6.20. The fourth-order valence-corrected chi connectivity index (χ4v) is 4.46. The summed E-state index contributed by atoms with van der Waals surface area (Å²) in [5.74, 6) is 1.47. The van der Waals surface area contributed by atoms with E-state index in [0.29, 0.717) is 6.54 Å². The minimum atomic E-state index is -0.113. The number of aryl methyl sites for hydroxylation is 2. The lowest BCUT2D eigenvalue weighted by Gasteiger charge is -2.33. The highest BCUT2D eigenvalue weighted by Crippen LogP contribution is 2.25. The Morgan fingerprint density at radius 2 is 1.63 bits per heavy atom. The number of benzene rings is 2. The van der Waals surface area contributed by atoms with E-state index < -0.39 is 0 Å². The summed E-state index contributed by atoms with van der Waals surface area (Å²) in [4.78, 5) is 24.1. The van der Waals surface area contributed by atoms with Crippen molar-refractivity contribution in [3.63, 3.8) is 0 Å². The topological polar surface area (TPSA) is 88.0 Å². The van der Waals surface area contributed by atoms with Crippen LogP contribution < -0.4 is 15.5 Å². The zero-order chi connectivity index (χ0) is 24.2. The molecule has 1 aliphatic heterocycles. The van der Waals surface area contributed by atoms with Crippen LogP contribution in [0.1, 0.15) is 24.2 Å². The number of carbonyl (C=O) groups is 1. The molecule has 1 amide bonds. The lowest BCUT2D eigenvalue weighted by molar-refractivity contribution is -0.120. The van der Waals surface area contributed by atoms with Crippen LogP contribution in [0.4, 0.5) is 22.9 Å². The summed E-state index contributed by atoms with van der Waals surface area (Å²) >= 11 is 0. The molecule has 0 radical (unpaired) electrons. The van der Waals surface area contributed by atoms with Gasteiger partial charge in [-0.05, 0) is 69.2 Å². The van der Waals surface area contributed by atoms with Gasteiger partial charge in [0.25, 0.3) is 0 Å². The summed E-state index contributed by atoms with van der Waals surface area (Å²) < 4.78 is 1.82. The number of hydrogen-bond acceptors (Lipinski definition) is 6. The number of piperidine rings is 1. The van der Waals surface area contributed by atoms with E-state index in [4.69, 9.17) is 0 Å². The molecule has 0 spiro atoms. The second-order valence-electron chi connectivity index (χ2n) is 8.92. The van der Waals surface area contributed by atoms with E-state index in [1.807, 2.05) is 85.3 Å². The van der Waals surface area contributed by atoms with Crippen LogP contribution in [0, 0.1) is 19.8 Å². The van der Waals surface area contributed by atoms with Gasteiger partial charge < -0.3 is 15.5 Å². The summed E-state index contributed by atoms with van der Waals surface area (Å²) in [6.07, 6.45) is 3.35. The summed E-state index contributed by atoms with van der Waals surface area (Å²) in [5, 5.41) is 11.0. The maximum absolute atomic E-state index is 13.1. The van der Waals surface area contributed by atoms with Crippen LogP contribution in [-0.4, -0.2) is 38.7 Å². The summed E-state index contributed by atoms with van der Waals surface area (Å²) in [6, 6.07) is 21.8. The largest absolute Gasteiger partial charge is 0.356 e. The Morgan fingerprint density at radius 1 is 0.914 bits per heavy atom. The maximum atomic E-state index is 13.1. The van der Waals surface area contributed by atoms with Gasteiger partial charge in [-0.2, -0.15) is 5.10 Å². The first-order chi connectivity index (χ1) is 17.0. The van der Waals surface area contributed by atoms with Crippen LogP contribution in [0.5, 0.6) is 0 Å². The normalized spacial score (nSPS) is 15.6. The number of nitrogens with one attached hydrogen (secondary N) is 2. The van der Waals surface area contributed by atoms with Gasteiger partial charge in [0.2, 0.25) is 5.91 Å². The fourth-order valence-electron chi connectivity index (χ4n) is 4.46. The van der Waals surface area contributed by atoms with Crippen molar-refractivity contribution in [1.82, 2.24) is 19.7 Å². The Labute approximate surface area is 205 Å². The van der Waals surface area contributed by atoms with E-state index in [1.165, 1.54) is 0 Å². The van der Waals surface area contributed by atoms with Crippen molar-refractivity contribution in [1.29, 1.82) is 0 Å². The minimum Gasteiger partial charge on any atom is -0.356 e. The summed E-state index contributed by atoms with van der Waals surface area (Å²) in [6.45, 7) is 5.45. The first-order valence-corrected chi connectivity index (χ1v) is 11.9. The van der Waals surface area contributed by atoms with Crippen molar-refractivity contribution in [3.05, 3.63) is 84.4 Å². The quantitative estimate of drug-likeness (QED) is 0.420. The highest BCUT2D eigenvalue weighted by atomic mass is 16.1. The van der Waals surface area contributed by atoms with Gasteiger partial charge in [0, 0.05) is 41.9 Å². The molecule has 2 aromatic heterocycles. The van der Waals surface area contributed by atoms with Gasteiger partial charge in [0.05, 0.1) is 11.6 Å². The molecule has 1 aliphatic rings. The molecule has 4 aromatic rings. The Bertz CT molecular complexity index is 1300. The lowest BCUT2D eigenvalue weighted by atomic mass is 9.97. The summed E-state index contributed by atoms with van der Waals surface area (Å²) in [7, 11) is 0. The predicted molar refractivity (Wildman–Crippen MR) is 138 cm³/mol. The Balaban J connectivity index is 1.23.